The first-order valence-corrected chi connectivity index (χ1v) is 7.11. The lowest BCUT2D eigenvalue weighted by Crippen LogP contribution is -2.49. The maximum atomic E-state index is 11.5. The summed E-state index contributed by atoms with van der Waals surface area (Å²) in [5, 5.41) is 22.0. The molecule has 0 rings (SSSR count). The Morgan fingerprint density at radius 2 is 1.84 bits per heavy atom. The van der Waals surface area contributed by atoms with Crippen LogP contribution < -0.4 is 10.6 Å². The first-order valence-electron chi connectivity index (χ1n) is 5.96. The van der Waals surface area contributed by atoms with Gasteiger partial charge < -0.3 is 20.8 Å². The van der Waals surface area contributed by atoms with E-state index in [2.05, 4.69) is 10.6 Å². The van der Waals surface area contributed by atoms with E-state index in [1.54, 1.807) is 11.8 Å². The number of thioether (sulfide) groups is 1. The van der Waals surface area contributed by atoms with Crippen LogP contribution in [0.3, 0.4) is 0 Å². The molecule has 2 atom stereocenters. The molecule has 2 amide bonds. The van der Waals surface area contributed by atoms with Gasteiger partial charge in [-0.05, 0) is 24.9 Å². The zero-order chi connectivity index (χ0) is 14.8. The molecule has 0 aliphatic carbocycles. The van der Waals surface area contributed by atoms with E-state index in [9.17, 15) is 14.4 Å². The normalized spacial score (nSPS) is 13.4. The lowest BCUT2D eigenvalue weighted by molar-refractivity contribution is -0.145. The molecule has 4 N–H and O–H groups in total. The number of nitrogens with one attached hydrogen (secondary N) is 2. The van der Waals surface area contributed by atoms with Crippen LogP contribution in [0.5, 0.6) is 0 Å². The molecule has 0 spiro atoms. The molecule has 0 aromatic carbocycles. The van der Waals surface area contributed by atoms with Crippen molar-refractivity contribution in [2.24, 2.45) is 0 Å². The number of urea groups is 1. The van der Waals surface area contributed by atoms with Gasteiger partial charge in [0.2, 0.25) is 0 Å². The molecule has 0 aliphatic rings. The Balaban J connectivity index is 4.11. The van der Waals surface area contributed by atoms with Crippen molar-refractivity contribution in [1.82, 2.24) is 10.6 Å². The van der Waals surface area contributed by atoms with Crippen molar-refractivity contribution in [2.45, 2.75) is 38.8 Å². The molecule has 0 aromatic rings. The fourth-order valence-corrected chi connectivity index (χ4v) is 2.08. The van der Waals surface area contributed by atoms with Gasteiger partial charge in [0.15, 0.2) is 0 Å². The van der Waals surface area contributed by atoms with Crippen molar-refractivity contribution in [3.8, 4) is 0 Å². The van der Waals surface area contributed by atoms with Crippen molar-refractivity contribution >= 4 is 29.7 Å². The van der Waals surface area contributed by atoms with Crippen LogP contribution in [0.1, 0.15) is 26.7 Å². The van der Waals surface area contributed by atoms with Gasteiger partial charge in [-0.25, -0.2) is 9.59 Å². The number of carboxylic acid groups (broad SMARTS) is 2. The van der Waals surface area contributed by atoms with Crippen molar-refractivity contribution in [2.75, 3.05) is 11.5 Å². The predicted octanol–water partition coefficient (Wildman–Crippen LogP) is 0.745. The number of hydrogen-bond acceptors (Lipinski definition) is 4. The third-order valence-electron chi connectivity index (χ3n) is 2.26. The van der Waals surface area contributed by atoms with Crippen LogP contribution in [0.15, 0.2) is 0 Å². The zero-order valence-corrected chi connectivity index (χ0v) is 11.8. The topological polar surface area (TPSA) is 116 Å². The molecule has 110 valence electrons. The Bertz CT molecular complexity index is 324. The number of carboxylic acids is 2. The van der Waals surface area contributed by atoms with E-state index in [0.29, 0.717) is 0 Å². The molecular weight excluding hydrogens is 272 g/mol. The van der Waals surface area contributed by atoms with Crippen LogP contribution in [0.2, 0.25) is 0 Å². The van der Waals surface area contributed by atoms with Gasteiger partial charge in [0.25, 0.3) is 0 Å². The van der Waals surface area contributed by atoms with Crippen LogP contribution >= 0.6 is 11.8 Å². The summed E-state index contributed by atoms with van der Waals surface area (Å²) in [6.45, 7) is 3.85. The maximum Gasteiger partial charge on any atom is 0.326 e. The van der Waals surface area contributed by atoms with Gasteiger partial charge >= 0.3 is 18.0 Å². The summed E-state index contributed by atoms with van der Waals surface area (Å²) < 4.78 is 0. The lowest BCUT2D eigenvalue weighted by Gasteiger charge is -2.17. The SMILES string of the molecule is CCSCCC(C)NC(=O)NC(CC(=O)O)C(=O)O. The second-order valence-electron chi connectivity index (χ2n) is 3.99. The Labute approximate surface area is 116 Å². The third kappa shape index (κ3) is 9.18. The van der Waals surface area contributed by atoms with Crippen molar-refractivity contribution in [3.05, 3.63) is 0 Å². The highest BCUT2D eigenvalue weighted by molar-refractivity contribution is 7.99. The zero-order valence-electron chi connectivity index (χ0n) is 11.0. The number of amides is 2. The molecular formula is C11H20N2O5S. The second-order valence-corrected chi connectivity index (χ2v) is 5.39. The van der Waals surface area contributed by atoms with E-state index in [4.69, 9.17) is 10.2 Å². The number of carbonyl (C=O) groups excluding carboxylic acids is 1. The van der Waals surface area contributed by atoms with E-state index in [-0.39, 0.29) is 6.04 Å². The number of carbonyl (C=O) groups is 3. The van der Waals surface area contributed by atoms with E-state index in [0.717, 1.165) is 17.9 Å². The molecule has 0 heterocycles. The fraction of sp³-hybridized carbons (Fsp3) is 0.727. The Kier molecular flexibility index (Phi) is 8.77. The number of hydrogen-bond donors (Lipinski definition) is 4. The van der Waals surface area contributed by atoms with E-state index < -0.39 is 30.4 Å². The first kappa shape index (κ1) is 17.6. The Morgan fingerprint density at radius 1 is 1.21 bits per heavy atom. The van der Waals surface area contributed by atoms with Gasteiger partial charge in [-0.1, -0.05) is 6.92 Å². The summed E-state index contributed by atoms with van der Waals surface area (Å²) in [5.41, 5.74) is 0. The van der Waals surface area contributed by atoms with E-state index in [1.165, 1.54) is 0 Å². The quantitative estimate of drug-likeness (QED) is 0.466. The number of aliphatic carboxylic acids is 2. The third-order valence-corrected chi connectivity index (χ3v) is 3.19. The van der Waals surface area contributed by atoms with Gasteiger partial charge in [-0.15, -0.1) is 0 Å². The van der Waals surface area contributed by atoms with E-state index in [1.807, 2.05) is 13.8 Å². The molecule has 8 heteroatoms. The highest BCUT2D eigenvalue weighted by atomic mass is 32.2. The van der Waals surface area contributed by atoms with Crippen LogP contribution in [-0.4, -0.2) is 51.8 Å². The second kappa shape index (κ2) is 9.48. The summed E-state index contributed by atoms with van der Waals surface area (Å²) in [6.07, 6.45) is 0.116. The van der Waals surface area contributed by atoms with Crippen LogP contribution in [-0.2, 0) is 9.59 Å². The smallest absolute Gasteiger partial charge is 0.326 e. The molecule has 0 aliphatic heterocycles. The van der Waals surface area contributed by atoms with Gasteiger partial charge in [-0.2, -0.15) is 11.8 Å². The van der Waals surface area contributed by atoms with Gasteiger partial charge in [-0.3, -0.25) is 4.79 Å². The highest BCUT2D eigenvalue weighted by Crippen LogP contribution is 2.03. The minimum absolute atomic E-state index is 0.0988. The molecule has 2 unspecified atom stereocenters. The minimum Gasteiger partial charge on any atom is -0.481 e. The summed E-state index contributed by atoms with van der Waals surface area (Å²) in [7, 11) is 0. The highest BCUT2D eigenvalue weighted by Gasteiger charge is 2.23. The monoisotopic (exact) mass is 292 g/mol. The molecule has 19 heavy (non-hydrogen) atoms. The standard InChI is InChI=1S/C11H20N2O5S/c1-3-19-5-4-7(2)12-11(18)13-8(10(16)17)6-9(14)15/h7-8H,3-6H2,1-2H3,(H,14,15)(H,16,17)(H2,12,13,18). The molecule has 0 fully saturated rings. The average Bonchev–Trinajstić information content (AvgIpc) is 2.27. The van der Waals surface area contributed by atoms with E-state index >= 15 is 0 Å². The molecule has 0 bridgehead atoms. The van der Waals surface area contributed by atoms with Crippen molar-refractivity contribution in [1.29, 1.82) is 0 Å². The molecule has 0 saturated heterocycles. The lowest BCUT2D eigenvalue weighted by atomic mass is 10.2. The summed E-state index contributed by atoms with van der Waals surface area (Å²) in [6, 6.07) is -2.18. The average molecular weight is 292 g/mol. The largest absolute Gasteiger partial charge is 0.481 e. The number of rotatable bonds is 9. The minimum atomic E-state index is -1.42. The first-order chi connectivity index (χ1) is 8.86. The molecule has 0 aromatic heterocycles. The summed E-state index contributed by atoms with van der Waals surface area (Å²) in [5.74, 6) is -0.750. The van der Waals surface area contributed by atoms with Gasteiger partial charge in [0.05, 0.1) is 6.42 Å². The van der Waals surface area contributed by atoms with Gasteiger partial charge in [0.1, 0.15) is 6.04 Å². The Morgan fingerprint density at radius 3 is 2.32 bits per heavy atom. The molecule has 0 radical (unpaired) electrons. The molecule has 0 saturated carbocycles. The van der Waals surface area contributed by atoms with Crippen LogP contribution in [0.4, 0.5) is 4.79 Å². The Hall–Kier alpha value is -1.44. The maximum absolute atomic E-state index is 11.5. The van der Waals surface area contributed by atoms with Crippen LogP contribution in [0.25, 0.3) is 0 Å². The van der Waals surface area contributed by atoms with Crippen LogP contribution in [0, 0.1) is 0 Å². The van der Waals surface area contributed by atoms with Crippen molar-refractivity contribution in [3.63, 3.8) is 0 Å². The predicted molar refractivity (Wildman–Crippen MR) is 72.4 cm³/mol. The fourth-order valence-electron chi connectivity index (χ4n) is 1.28. The summed E-state index contributed by atoms with van der Waals surface area (Å²) >= 11 is 1.75. The molecule has 7 nitrogen and oxygen atoms in total. The summed E-state index contributed by atoms with van der Waals surface area (Å²) in [4.78, 5) is 32.7. The van der Waals surface area contributed by atoms with Gasteiger partial charge in [0, 0.05) is 6.04 Å². The van der Waals surface area contributed by atoms with Crippen molar-refractivity contribution < 1.29 is 24.6 Å².